The molecule has 6 nitrogen and oxygen atoms in total. The molecule has 8 heteroatoms. The molecule has 3 aromatic carbocycles. The summed E-state index contributed by atoms with van der Waals surface area (Å²) >= 11 is 0. The standard InChI is InChI=1S/C28H27N3O3.2ClH/c1-18-3-10-25(19(2)13-18)28(33)34-17-20-4-6-21(7-5-20)26(15-29)27(32)31-24-9-8-23-16-30-12-11-22(23)14-24;;/h3-14,16,26H,15,17,29H2,1-2H3,(H,31,32);2*1H/t26-;;/m1../s1/i15D2,16D;;. The summed E-state index contributed by atoms with van der Waals surface area (Å²) in [6, 6.07) is 18.8. The molecule has 0 unspecified atom stereocenters. The second-order valence-corrected chi connectivity index (χ2v) is 8.08. The van der Waals surface area contributed by atoms with Gasteiger partial charge in [0.15, 0.2) is 0 Å². The van der Waals surface area contributed by atoms with Gasteiger partial charge in [0.05, 0.1) is 12.9 Å². The monoisotopic (exact) mass is 528 g/mol. The van der Waals surface area contributed by atoms with Crippen LogP contribution in [0.25, 0.3) is 10.8 Å². The van der Waals surface area contributed by atoms with Crippen molar-refractivity contribution in [2.45, 2.75) is 26.4 Å². The third-order valence-electron chi connectivity index (χ3n) is 5.55. The van der Waals surface area contributed by atoms with Gasteiger partial charge in [0.1, 0.15) is 6.61 Å². The summed E-state index contributed by atoms with van der Waals surface area (Å²) in [7, 11) is 0. The topological polar surface area (TPSA) is 94.3 Å². The van der Waals surface area contributed by atoms with Gasteiger partial charge in [-0.2, -0.15) is 0 Å². The summed E-state index contributed by atoms with van der Waals surface area (Å²) in [6.45, 7) is 1.50. The Morgan fingerprint density at radius 2 is 1.78 bits per heavy atom. The Labute approximate surface area is 227 Å². The smallest absolute Gasteiger partial charge is 0.338 e. The second-order valence-electron chi connectivity index (χ2n) is 8.08. The van der Waals surface area contributed by atoms with Crippen molar-refractivity contribution in [2.24, 2.45) is 5.73 Å². The molecule has 188 valence electrons. The molecule has 0 aliphatic carbocycles. The molecule has 4 aromatic rings. The van der Waals surface area contributed by atoms with E-state index in [2.05, 4.69) is 10.3 Å². The number of carbonyl (C=O) groups is 2. The maximum atomic E-state index is 13.1. The quantitative estimate of drug-likeness (QED) is 0.298. The lowest BCUT2D eigenvalue weighted by molar-refractivity contribution is -0.117. The van der Waals surface area contributed by atoms with Crippen molar-refractivity contribution in [3.8, 4) is 0 Å². The predicted molar refractivity (Wildman–Crippen MR) is 148 cm³/mol. The van der Waals surface area contributed by atoms with E-state index in [1.165, 1.54) is 6.20 Å². The number of esters is 1. The lowest BCUT2D eigenvalue weighted by Gasteiger charge is -2.16. The summed E-state index contributed by atoms with van der Waals surface area (Å²) in [5.74, 6) is -2.33. The van der Waals surface area contributed by atoms with Crippen molar-refractivity contribution in [1.29, 1.82) is 0 Å². The highest BCUT2D eigenvalue weighted by Gasteiger charge is 2.19. The minimum Gasteiger partial charge on any atom is -0.457 e. The molecule has 0 aliphatic rings. The molecule has 1 aromatic heterocycles. The Morgan fingerprint density at radius 3 is 2.47 bits per heavy atom. The fourth-order valence-corrected chi connectivity index (χ4v) is 3.72. The maximum Gasteiger partial charge on any atom is 0.338 e. The second kappa shape index (κ2) is 13.0. The van der Waals surface area contributed by atoms with E-state index in [1.807, 2.05) is 26.0 Å². The van der Waals surface area contributed by atoms with E-state index in [0.717, 1.165) is 16.5 Å². The fraction of sp³-hybridized carbons (Fsp3) is 0.179. The molecule has 0 radical (unpaired) electrons. The van der Waals surface area contributed by atoms with Crippen LogP contribution in [0, 0.1) is 13.8 Å². The highest BCUT2D eigenvalue weighted by atomic mass is 35.5. The zero-order valence-electron chi connectivity index (χ0n) is 22.8. The van der Waals surface area contributed by atoms with Gasteiger partial charge in [-0.05, 0) is 60.2 Å². The molecule has 36 heavy (non-hydrogen) atoms. The summed E-state index contributed by atoms with van der Waals surface area (Å²) in [5, 5.41) is 4.10. The SMILES string of the molecule is Cl.Cl.[2H]c1nccc2cc(NC(=O)[C@@H](c3ccc(COC(=O)c4ccc(C)cc4C)cc3)C([2H])([2H])N)ccc12. The van der Waals surface area contributed by atoms with Gasteiger partial charge in [-0.1, -0.05) is 48.0 Å². The number of nitrogens with zero attached hydrogens (tertiary/aromatic N) is 1. The van der Waals surface area contributed by atoms with Gasteiger partial charge >= 0.3 is 5.97 Å². The van der Waals surface area contributed by atoms with Crippen molar-refractivity contribution >= 4 is 53.2 Å². The average molecular weight is 529 g/mol. The molecule has 0 spiro atoms. The van der Waals surface area contributed by atoms with Crippen LogP contribution in [0.15, 0.2) is 79.1 Å². The van der Waals surface area contributed by atoms with Gasteiger partial charge in [-0.15, -0.1) is 24.8 Å². The molecule has 0 saturated heterocycles. The number of carbonyl (C=O) groups excluding carboxylic acids is 2. The number of fused-ring (bicyclic) bond motifs is 1. The predicted octanol–water partition coefficient (Wildman–Crippen LogP) is 5.73. The first-order valence-corrected chi connectivity index (χ1v) is 10.8. The molecule has 4 rings (SSSR count). The number of nitrogens with one attached hydrogen (secondary N) is 1. The number of hydrogen-bond donors (Lipinski definition) is 2. The van der Waals surface area contributed by atoms with Crippen LogP contribution in [0.1, 0.15) is 42.6 Å². The molecule has 0 aliphatic heterocycles. The summed E-state index contributed by atoms with van der Waals surface area (Å²) in [6.07, 6.45) is 1.64. The normalized spacial score (nSPS) is 12.7. The number of anilines is 1. The Kier molecular flexibility index (Phi) is 8.77. The van der Waals surface area contributed by atoms with Crippen molar-refractivity contribution in [3.05, 3.63) is 107 Å². The number of rotatable bonds is 7. The zero-order chi connectivity index (χ0) is 26.7. The Hall–Kier alpha value is -3.45. The number of ether oxygens (including phenoxy) is 1. The van der Waals surface area contributed by atoms with Gasteiger partial charge in [-0.3, -0.25) is 9.78 Å². The van der Waals surface area contributed by atoms with Gasteiger partial charge in [0, 0.05) is 32.7 Å². The van der Waals surface area contributed by atoms with Crippen LogP contribution in [0.5, 0.6) is 0 Å². The van der Waals surface area contributed by atoms with Gasteiger partial charge in [0.25, 0.3) is 0 Å². The highest BCUT2D eigenvalue weighted by molar-refractivity contribution is 5.98. The first-order chi connectivity index (χ1) is 17.5. The van der Waals surface area contributed by atoms with E-state index in [4.69, 9.17) is 14.6 Å². The summed E-state index contributed by atoms with van der Waals surface area (Å²) in [4.78, 5) is 29.5. The minimum absolute atomic E-state index is 0. The van der Waals surface area contributed by atoms with Crippen LogP contribution in [-0.4, -0.2) is 23.4 Å². The molecular weight excluding hydrogens is 497 g/mol. The third-order valence-corrected chi connectivity index (χ3v) is 5.55. The Bertz CT molecular complexity index is 1480. The van der Waals surface area contributed by atoms with Crippen LogP contribution in [0.2, 0.25) is 0 Å². The summed E-state index contributed by atoms with van der Waals surface area (Å²) in [5.41, 5.74) is 9.69. The van der Waals surface area contributed by atoms with Gasteiger partial charge in [0.2, 0.25) is 5.91 Å². The number of pyridine rings is 1. The molecule has 1 heterocycles. The number of nitrogens with two attached hydrogens (primary N) is 1. The molecule has 0 bridgehead atoms. The molecule has 3 N–H and O–H groups in total. The van der Waals surface area contributed by atoms with Crippen molar-refractivity contribution in [3.63, 3.8) is 0 Å². The zero-order valence-corrected chi connectivity index (χ0v) is 21.4. The summed E-state index contributed by atoms with van der Waals surface area (Å²) < 4.78 is 29.5. The van der Waals surface area contributed by atoms with Crippen LogP contribution in [-0.2, 0) is 16.1 Å². The Morgan fingerprint density at radius 1 is 1.03 bits per heavy atom. The van der Waals surface area contributed by atoms with Crippen LogP contribution >= 0.6 is 24.8 Å². The lowest BCUT2D eigenvalue weighted by atomic mass is 9.97. The van der Waals surface area contributed by atoms with Crippen molar-refractivity contribution in [2.75, 3.05) is 11.8 Å². The van der Waals surface area contributed by atoms with Crippen molar-refractivity contribution in [1.82, 2.24) is 4.98 Å². The number of aryl methyl sites for hydroxylation is 2. The van der Waals surface area contributed by atoms with E-state index in [9.17, 15) is 9.59 Å². The van der Waals surface area contributed by atoms with E-state index >= 15 is 0 Å². The molecule has 0 saturated carbocycles. The molecule has 1 amide bonds. The van der Waals surface area contributed by atoms with Crippen LogP contribution < -0.4 is 11.1 Å². The average Bonchev–Trinajstić information content (AvgIpc) is 2.82. The van der Waals surface area contributed by atoms with E-state index in [-0.39, 0.29) is 37.6 Å². The maximum absolute atomic E-state index is 13.1. The van der Waals surface area contributed by atoms with Gasteiger partial charge in [-0.25, -0.2) is 4.79 Å². The molecular formula is C28H29Cl2N3O3. The number of aromatic nitrogens is 1. The van der Waals surface area contributed by atoms with Crippen molar-refractivity contribution < 1.29 is 18.4 Å². The first-order valence-electron chi connectivity index (χ1n) is 12.3. The van der Waals surface area contributed by atoms with E-state index in [0.29, 0.717) is 27.8 Å². The molecule has 0 fully saturated rings. The van der Waals surface area contributed by atoms with Crippen LogP contribution in [0.4, 0.5) is 5.69 Å². The van der Waals surface area contributed by atoms with Crippen LogP contribution in [0.3, 0.4) is 0 Å². The lowest BCUT2D eigenvalue weighted by Crippen LogP contribution is -2.27. The molecule has 1 atom stereocenters. The minimum atomic E-state index is -2.34. The Balaban J connectivity index is 0.00000267. The third kappa shape index (κ3) is 6.82. The van der Waals surface area contributed by atoms with Gasteiger partial charge < -0.3 is 15.8 Å². The number of halogens is 2. The number of hydrogen-bond acceptors (Lipinski definition) is 5. The van der Waals surface area contributed by atoms with E-state index in [1.54, 1.807) is 54.6 Å². The fourth-order valence-electron chi connectivity index (χ4n) is 3.72. The number of benzene rings is 3. The largest absolute Gasteiger partial charge is 0.457 e. The first kappa shape index (κ1) is 24.3. The highest BCUT2D eigenvalue weighted by Crippen LogP contribution is 2.22. The number of amides is 1. The van der Waals surface area contributed by atoms with E-state index < -0.39 is 24.3 Å².